The Morgan fingerprint density at radius 2 is 0.587 bits per heavy atom. The summed E-state index contributed by atoms with van der Waals surface area (Å²) >= 11 is 0. The summed E-state index contributed by atoms with van der Waals surface area (Å²) in [5.41, 5.74) is 0. The predicted molar refractivity (Wildman–Crippen MR) is 396 cm³/mol. The van der Waals surface area contributed by atoms with Crippen LogP contribution in [-0.4, -0.2) is 70.0 Å². The third kappa shape index (κ3) is 72.6. The molecule has 0 amide bonds. The van der Waals surface area contributed by atoms with Gasteiger partial charge in [-0.15, -0.1) is 0 Å². The SMILES string of the molecule is CC/C=C\C/C=C\C/C=C\C/C=C\C/C=C\C/C=C\C/C=C\C/C=C\C/C=C\C/C=C\C/C=C\C/C=C\CCCCC(=O)OC(COC(=O)CCC/C=C\C/C=C\C/C=C\C/C=C\C/C=C\C/C=C\C/C=C\C/C=C\C/C=C\CC)COP(=O)([O-])OCC[N+](C)(C)C. The molecule has 92 heavy (non-hydrogen) atoms. The van der Waals surface area contributed by atoms with E-state index < -0.39 is 32.5 Å². The molecule has 0 saturated carbocycles. The van der Waals surface area contributed by atoms with Gasteiger partial charge in [-0.1, -0.05) is 269 Å². The molecule has 0 bridgehead atoms. The lowest BCUT2D eigenvalue weighted by molar-refractivity contribution is -0.870. The minimum atomic E-state index is -4.69. The van der Waals surface area contributed by atoms with E-state index in [2.05, 4.69) is 263 Å². The predicted octanol–water partition coefficient (Wildman–Crippen LogP) is 22.3. The van der Waals surface area contributed by atoms with Gasteiger partial charge in [0, 0.05) is 12.8 Å². The zero-order valence-corrected chi connectivity index (χ0v) is 58.5. The van der Waals surface area contributed by atoms with Crippen LogP contribution in [0.25, 0.3) is 0 Å². The summed E-state index contributed by atoms with van der Waals surface area (Å²) in [6, 6.07) is 0. The van der Waals surface area contributed by atoms with Crippen molar-refractivity contribution in [2.45, 2.75) is 200 Å². The van der Waals surface area contributed by atoms with Crippen molar-refractivity contribution in [2.75, 3.05) is 47.5 Å². The van der Waals surface area contributed by atoms with Gasteiger partial charge in [0.1, 0.15) is 19.8 Å². The van der Waals surface area contributed by atoms with Crippen LogP contribution in [0, 0.1) is 0 Å². The van der Waals surface area contributed by atoms with Gasteiger partial charge in [0.05, 0.1) is 27.7 Å². The van der Waals surface area contributed by atoms with Crippen molar-refractivity contribution in [1.82, 2.24) is 0 Å². The second kappa shape index (κ2) is 68.9. The number of hydrogen-bond donors (Lipinski definition) is 0. The molecular formula is C82H122NO8P. The summed E-state index contributed by atoms with van der Waals surface area (Å²) in [5, 5.41) is 0. The van der Waals surface area contributed by atoms with Crippen LogP contribution < -0.4 is 4.89 Å². The van der Waals surface area contributed by atoms with E-state index in [4.69, 9.17) is 18.5 Å². The fourth-order valence-corrected chi connectivity index (χ4v) is 8.60. The molecule has 10 heteroatoms. The van der Waals surface area contributed by atoms with Crippen LogP contribution in [0.2, 0.25) is 0 Å². The quantitative estimate of drug-likeness (QED) is 0.0195. The number of allylic oxidation sites excluding steroid dienone is 42. The highest BCUT2D eigenvalue weighted by molar-refractivity contribution is 7.45. The maximum absolute atomic E-state index is 12.8. The number of rotatable bonds is 59. The van der Waals surface area contributed by atoms with Crippen LogP contribution in [0.4, 0.5) is 0 Å². The Morgan fingerprint density at radius 1 is 0.337 bits per heavy atom. The molecule has 9 nitrogen and oxygen atoms in total. The fraction of sp³-hybridized carbons (Fsp3) is 0.463. The number of nitrogens with zero attached hydrogens (tertiary/aromatic N) is 1. The van der Waals surface area contributed by atoms with Gasteiger partial charge in [-0.2, -0.15) is 0 Å². The van der Waals surface area contributed by atoms with Gasteiger partial charge in [-0.3, -0.25) is 14.2 Å². The summed E-state index contributed by atoms with van der Waals surface area (Å²) in [6.45, 7) is 3.84. The molecule has 0 aromatic heterocycles. The smallest absolute Gasteiger partial charge is 0.306 e. The normalized spacial score (nSPS) is 14.7. The minimum Gasteiger partial charge on any atom is -0.756 e. The van der Waals surface area contributed by atoms with Crippen LogP contribution in [0.1, 0.15) is 194 Å². The van der Waals surface area contributed by atoms with Gasteiger partial charge < -0.3 is 27.9 Å². The number of phosphoric acid groups is 1. The molecule has 0 saturated heterocycles. The van der Waals surface area contributed by atoms with Crippen LogP contribution in [0.15, 0.2) is 255 Å². The lowest BCUT2D eigenvalue weighted by atomic mass is 10.2. The van der Waals surface area contributed by atoms with E-state index in [1.54, 1.807) is 0 Å². The molecule has 0 fully saturated rings. The molecule has 0 radical (unpaired) electrons. The van der Waals surface area contributed by atoms with Crippen LogP contribution >= 0.6 is 7.82 Å². The lowest BCUT2D eigenvalue weighted by Gasteiger charge is -2.28. The van der Waals surface area contributed by atoms with E-state index >= 15 is 0 Å². The summed E-state index contributed by atoms with van der Waals surface area (Å²) < 4.78 is 34.1. The summed E-state index contributed by atoms with van der Waals surface area (Å²) in [6.07, 6.45) is 115. The first kappa shape index (κ1) is 85.5. The van der Waals surface area contributed by atoms with E-state index in [0.29, 0.717) is 30.3 Å². The van der Waals surface area contributed by atoms with Gasteiger partial charge in [-0.05, 0) is 167 Å². The van der Waals surface area contributed by atoms with E-state index in [1.807, 2.05) is 27.2 Å². The number of carbonyl (C=O) groups excluding carboxylic acids is 2. The highest BCUT2D eigenvalue weighted by Gasteiger charge is 2.21. The standard InChI is InChI=1S/C82H122NO8P/c1-6-8-10-12-14-16-18-20-22-24-26-28-30-32-34-36-37-38-39-40-41-42-43-44-45-47-49-51-53-55-57-59-61-63-65-67-69-71-73-75-82(85)91-80(79-90-92(86,87)89-77-76-83(3,4)5)78-88-81(84)74-72-70-68-66-64-62-60-58-56-54-52-50-48-46-35-33-31-29-27-25-23-21-19-17-15-13-11-9-7-2/h8-11,14-17,20-23,26-29,32-35,37-38,40-41,43-44,47-50,53-56,59-62,65-68,80H,6-7,12-13,18-19,24-25,30-31,36,39,42,45-46,51-52,57-58,63-64,69-79H2,1-5H3/b10-8-,11-9-,16-14-,17-15-,22-20-,23-21-,28-26-,29-27-,34-32-,35-33-,38-37-,41-40-,44-43-,49-47-,50-48-,55-53-,56-54-,61-59-,62-60-,67-65-,68-66-. The van der Waals surface area contributed by atoms with Crippen LogP contribution in [0.5, 0.6) is 0 Å². The zero-order chi connectivity index (χ0) is 66.9. The summed E-state index contributed by atoms with van der Waals surface area (Å²) in [5.74, 6) is -0.981. The average molecular weight is 1280 g/mol. The summed E-state index contributed by atoms with van der Waals surface area (Å²) in [4.78, 5) is 38.0. The molecule has 508 valence electrons. The number of esters is 2. The maximum Gasteiger partial charge on any atom is 0.306 e. The van der Waals surface area contributed by atoms with E-state index in [9.17, 15) is 19.0 Å². The number of likely N-dealkylation sites (N-methyl/N-ethyl adjacent to an activating group) is 1. The highest BCUT2D eigenvalue weighted by atomic mass is 31.2. The van der Waals surface area contributed by atoms with Crippen molar-refractivity contribution in [3.63, 3.8) is 0 Å². The largest absolute Gasteiger partial charge is 0.756 e. The molecule has 0 heterocycles. The zero-order valence-electron chi connectivity index (χ0n) is 57.6. The summed E-state index contributed by atoms with van der Waals surface area (Å²) in [7, 11) is 1.06. The molecule has 0 aromatic rings. The fourth-order valence-electron chi connectivity index (χ4n) is 7.87. The van der Waals surface area contributed by atoms with Crippen molar-refractivity contribution in [1.29, 1.82) is 0 Å². The van der Waals surface area contributed by atoms with Gasteiger partial charge in [-0.25, -0.2) is 0 Å². The highest BCUT2D eigenvalue weighted by Crippen LogP contribution is 2.38. The lowest BCUT2D eigenvalue weighted by Crippen LogP contribution is -2.37. The van der Waals surface area contributed by atoms with E-state index in [1.165, 1.54) is 0 Å². The van der Waals surface area contributed by atoms with Gasteiger partial charge in [0.25, 0.3) is 7.82 Å². The first-order chi connectivity index (χ1) is 45.0. The molecule has 0 rings (SSSR count). The minimum absolute atomic E-state index is 0.0645. The molecule has 0 aliphatic heterocycles. The molecule has 2 atom stereocenters. The second-order valence-electron chi connectivity index (χ2n) is 22.7. The molecule has 0 aliphatic carbocycles. The van der Waals surface area contributed by atoms with Gasteiger partial charge in [0.2, 0.25) is 0 Å². The van der Waals surface area contributed by atoms with Gasteiger partial charge in [0.15, 0.2) is 6.10 Å². The first-order valence-corrected chi connectivity index (χ1v) is 35.9. The Hall–Kier alpha value is -6.45. The Balaban J connectivity index is 4.35. The molecule has 2 unspecified atom stereocenters. The number of unbranched alkanes of at least 4 members (excludes halogenated alkanes) is 3. The number of hydrogen-bond acceptors (Lipinski definition) is 8. The number of quaternary nitrogens is 1. The number of carbonyl (C=O) groups is 2. The average Bonchev–Trinajstić information content (AvgIpc) is 2.14. The Labute approximate surface area is 561 Å². The molecule has 0 spiro atoms. The Kier molecular flexibility index (Phi) is 64.1. The first-order valence-electron chi connectivity index (χ1n) is 34.4. The van der Waals surface area contributed by atoms with Crippen molar-refractivity contribution in [3.8, 4) is 0 Å². The van der Waals surface area contributed by atoms with Crippen molar-refractivity contribution in [2.24, 2.45) is 0 Å². The van der Waals surface area contributed by atoms with Crippen LogP contribution in [-0.2, 0) is 32.7 Å². The molecular weight excluding hydrogens is 1160 g/mol. The Bertz CT molecular complexity index is 2500. The third-order valence-electron chi connectivity index (χ3n) is 13.1. The van der Waals surface area contributed by atoms with E-state index in [0.717, 1.165) is 148 Å². The van der Waals surface area contributed by atoms with E-state index in [-0.39, 0.29) is 26.1 Å². The molecule has 0 aliphatic rings. The number of phosphoric ester groups is 1. The monoisotopic (exact) mass is 1280 g/mol. The van der Waals surface area contributed by atoms with Gasteiger partial charge >= 0.3 is 11.9 Å². The van der Waals surface area contributed by atoms with Crippen molar-refractivity contribution in [3.05, 3.63) is 255 Å². The van der Waals surface area contributed by atoms with Crippen molar-refractivity contribution < 1.29 is 42.1 Å². The third-order valence-corrected chi connectivity index (χ3v) is 14.0. The Morgan fingerprint density at radius 3 is 0.859 bits per heavy atom. The second-order valence-corrected chi connectivity index (χ2v) is 24.1. The molecule has 0 aromatic carbocycles. The van der Waals surface area contributed by atoms with Crippen LogP contribution in [0.3, 0.4) is 0 Å². The maximum atomic E-state index is 12.8. The topological polar surface area (TPSA) is 111 Å². The number of ether oxygens (including phenoxy) is 2. The van der Waals surface area contributed by atoms with Crippen molar-refractivity contribution >= 4 is 19.8 Å². The molecule has 0 N–H and O–H groups in total.